The molecule has 0 radical (unpaired) electrons. The highest BCUT2D eigenvalue weighted by Crippen LogP contribution is 2.44. The Kier molecular flexibility index (Phi) is 7.64. The standard InChI is InChI=1S/C26H29N3O6/c30-23(27-14-24(31)32)13-28-25(33)16-6-5-7-17(12-16)29-26(34)35-15-22-20-10-3-1-8-18(20)19-9-2-4-11-21(19)22/h1-4,8-11,16-17,22H,5-7,12-15H2,(H,27,30)(H,28,33)(H,29,34)(H,31,32)/t16-,17+/m1/s1. The molecule has 1 saturated carbocycles. The van der Waals surface area contributed by atoms with Crippen molar-refractivity contribution >= 4 is 23.9 Å². The molecule has 2 aliphatic carbocycles. The van der Waals surface area contributed by atoms with Crippen molar-refractivity contribution < 1.29 is 29.0 Å². The van der Waals surface area contributed by atoms with Crippen LogP contribution in [-0.4, -0.2) is 54.7 Å². The van der Waals surface area contributed by atoms with Gasteiger partial charge >= 0.3 is 12.1 Å². The summed E-state index contributed by atoms with van der Waals surface area (Å²) in [5.41, 5.74) is 4.61. The number of carbonyl (C=O) groups excluding carboxylic acids is 3. The molecule has 3 amide bonds. The molecule has 0 aromatic heterocycles. The molecule has 1 fully saturated rings. The first kappa shape index (κ1) is 24.3. The molecule has 184 valence electrons. The highest BCUT2D eigenvalue weighted by molar-refractivity contribution is 5.87. The molecule has 35 heavy (non-hydrogen) atoms. The second-order valence-electron chi connectivity index (χ2n) is 8.92. The van der Waals surface area contributed by atoms with Crippen LogP contribution in [0.4, 0.5) is 4.79 Å². The largest absolute Gasteiger partial charge is 0.480 e. The van der Waals surface area contributed by atoms with E-state index in [9.17, 15) is 19.2 Å². The molecule has 0 saturated heterocycles. The molecule has 2 aliphatic rings. The lowest BCUT2D eigenvalue weighted by molar-refractivity contribution is -0.137. The lowest BCUT2D eigenvalue weighted by Crippen LogP contribution is -2.45. The van der Waals surface area contributed by atoms with E-state index in [1.54, 1.807) is 0 Å². The van der Waals surface area contributed by atoms with Gasteiger partial charge in [0.2, 0.25) is 11.8 Å². The predicted molar refractivity (Wildman–Crippen MR) is 128 cm³/mol. The quantitative estimate of drug-likeness (QED) is 0.459. The molecule has 0 heterocycles. The number of hydrogen-bond donors (Lipinski definition) is 4. The summed E-state index contributed by atoms with van der Waals surface area (Å²) in [6.07, 6.45) is 2.11. The predicted octanol–water partition coefficient (Wildman–Crippen LogP) is 2.40. The molecule has 0 unspecified atom stereocenters. The SMILES string of the molecule is O=C(O)CNC(=O)CNC(=O)[C@@H]1CCC[C@H](NC(=O)OCC2c3ccccc3-c3ccccc32)C1. The molecule has 9 nitrogen and oxygen atoms in total. The van der Waals surface area contributed by atoms with Crippen LogP contribution in [0.3, 0.4) is 0 Å². The number of ether oxygens (including phenoxy) is 1. The number of carboxylic acids is 1. The van der Waals surface area contributed by atoms with Gasteiger partial charge in [0.1, 0.15) is 13.2 Å². The van der Waals surface area contributed by atoms with Gasteiger partial charge in [-0.1, -0.05) is 55.0 Å². The van der Waals surface area contributed by atoms with Gasteiger partial charge in [0.15, 0.2) is 0 Å². The molecule has 0 aliphatic heterocycles. The van der Waals surface area contributed by atoms with Crippen molar-refractivity contribution in [3.63, 3.8) is 0 Å². The third kappa shape index (κ3) is 5.98. The normalized spacial score (nSPS) is 18.6. The van der Waals surface area contributed by atoms with Crippen LogP contribution in [0.25, 0.3) is 11.1 Å². The minimum absolute atomic E-state index is 0.0229. The van der Waals surface area contributed by atoms with Gasteiger partial charge in [-0.2, -0.15) is 0 Å². The fraction of sp³-hybridized carbons (Fsp3) is 0.385. The summed E-state index contributed by atoms with van der Waals surface area (Å²) in [6.45, 7) is -0.556. The van der Waals surface area contributed by atoms with Gasteiger partial charge in [0.25, 0.3) is 0 Å². The Labute approximate surface area is 203 Å². The van der Waals surface area contributed by atoms with Crippen LogP contribution < -0.4 is 16.0 Å². The van der Waals surface area contributed by atoms with E-state index >= 15 is 0 Å². The van der Waals surface area contributed by atoms with Gasteiger partial charge in [0.05, 0.1) is 6.54 Å². The summed E-state index contributed by atoms with van der Waals surface area (Å²) in [4.78, 5) is 47.1. The monoisotopic (exact) mass is 479 g/mol. The number of rotatable bonds is 8. The summed E-state index contributed by atoms with van der Waals surface area (Å²) < 4.78 is 5.61. The van der Waals surface area contributed by atoms with Crippen molar-refractivity contribution in [1.29, 1.82) is 0 Å². The lowest BCUT2D eigenvalue weighted by Gasteiger charge is -2.28. The second-order valence-corrected chi connectivity index (χ2v) is 8.92. The van der Waals surface area contributed by atoms with E-state index in [1.165, 1.54) is 0 Å². The van der Waals surface area contributed by atoms with Crippen LogP contribution in [0.2, 0.25) is 0 Å². The Bertz CT molecular complexity index is 1070. The van der Waals surface area contributed by atoms with Crippen LogP contribution in [0.1, 0.15) is 42.7 Å². The van der Waals surface area contributed by atoms with Gasteiger partial charge in [-0.3, -0.25) is 14.4 Å². The van der Waals surface area contributed by atoms with E-state index in [-0.39, 0.29) is 36.9 Å². The topological polar surface area (TPSA) is 134 Å². The Hall–Kier alpha value is -3.88. The van der Waals surface area contributed by atoms with Crippen molar-refractivity contribution in [2.45, 2.75) is 37.6 Å². The average Bonchev–Trinajstić information content (AvgIpc) is 3.18. The Morgan fingerprint density at radius 1 is 0.886 bits per heavy atom. The number of alkyl carbamates (subject to hydrolysis) is 1. The second kappa shape index (κ2) is 11.0. The average molecular weight is 480 g/mol. The summed E-state index contributed by atoms with van der Waals surface area (Å²) in [5.74, 6) is -2.36. The summed E-state index contributed by atoms with van der Waals surface area (Å²) in [5, 5.41) is 16.2. The maximum absolute atomic E-state index is 12.6. The zero-order valence-electron chi connectivity index (χ0n) is 19.3. The van der Waals surface area contributed by atoms with Crippen molar-refractivity contribution in [1.82, 2.24) is 16.0 Å². The minimum Gasteiger partial charge on any atom is -0.480 e. The molecular formula is C26H29N3O6. The zero-order chi connectivity index (χ0) is 24.8. The number of carbonyl (C=O) groups is 4. The third-order valence-electron chi connectivity index (χ3n) is 6.57. The Morgan fingerprint density at radius 3 is 2.20 bits per heavy atom. The van der Waals surface area contributed by atoms with Crippen molar-refractivity contribution in [3.8, 4) is 11.1 Å². The van der Waals surface area contributed by atoms with E-state index < -0.39 is 24.5 Å². The van der Waals surface area contributed by atoms with Gasteiger partial charge in [-0.25, -0.2) is 4.79 Å². The van der Waals surface area contributed by atoms with Gasteiger partial charge in [-0.05, 0) is 41.5 Å². The van der Waals surface area contributed by atoms with Crippen molar-refractivity contribution in [2.24, 2.45) is 5.92 Å². The fourth-order valence-electron chi connectivity index (χ4n) is 4.91. The van der Waals surface area contributed by atoms with Crippen LogP contribution in [-0.2, 0) is 19.1 Å². The first-order valence-corrected chi connectivity index (χ1v) is 11.8. The molecule has 9 heteroatoms. The van der Waals surface area contributed by atoms with Gasteiger partial charge < -0.3 is 25.8 Å². The number of amides is 3. The van der Waals surface area contributed by atoms with E-state index in [0.717, 1.165) is 35.1 Å². The van der Waals surface area contributed by atoms with E-state index in [4.69, 9.17) is 9.84 Å². The first-order valence-electron chi connectivity index (χ1n) is 11.8. The van der Waals surface area contributed by atoms with Crippen molar-refractivity contribution in [3.05, 3.63) is 59.7 Å². The number of aliphatic carboxylic acids is 1. The third-order valence-corrected chi connectivity index (χ3v) is 6.57. The fourth-order valence-corrected chi connectivity index (χ4v) is 4.91. The highest BCUT2D eigenvalue weighted by atomic mass is 16.5. The number of benzene rings is 2. The lowest BCUT2D eigenvalue weighted by atomic mass is 9.85. The zero-order valence-corrected chi connectivity index (χ0v) is 19.3. The van der Waals surface area contributed by atoms with Crippen molar-refractivity contribution in [2.75, 3.05) is 19.7 Å². The van der Waals surface area contributed by atoms with Crippen LogP contribution in [0.5, 0.6) is 0 Å². The molecule has 0 bridgehead atoms. The highest BCUT2D eigenvalue weighted by Gasteiger charge is 2.31. The molecule has 4 rings (SSSR count). The number of carboxylic acid groups (broad SMARTS) is 1. The smallest absolute Gasteiger partial charge is 0.407 e. The van der Waals surface area contributed by atoms with E-state index in [1.807, 2.05) is 24.3 Å². The maximum Gasteiger partial charge on any atom is 0.407 e. The first-order chi connectivity index (χ1) is 16.9. The van der Waals surface area contributed by atoms with Crippen LogP contribution >= 0.6 is 0 Å². The number of hydrogen-bond acceptors (Lipinski definition) is 5. The molecule has 4 N–H and O–H groups in total. The van der Waals surface area contributed by atoms with E-state index in [2.05, 4.69) is 40.2 Å². The summed E-state index contributed by atoms with van der Waals surface area (Å²) >= 11 is 0. The summed E-state index contributed by atoms with van der Waals surface area (Å²) in [6, 6.07) is 16.1. The summed E-state index contributed by atoms with van der Waals surface area (Å²) in [7, 11) is 0. The molecule has 2 atom stereocenters. The Balaban J connectivity index is 1.26. The minimum atomic E-state index is -1.15. The molecule has 0 spiro atoms. The van der Waals surface area contributed by atoms with Gasteiger partial charge in [0, 0.05) is 17.9 Å². The molecule has 2 aromatic rings. The van der Waals surface area contributed by atoms with Crippen LogP contribution in [0.15, 0.2) is 48.5 Å². The molecular weight excluding hydrogens is 450 g/mol. The Morgan fingerprint density at radius 2 is 1.54 bits per heavy atom. The van der Waals surface area contributed by atoms with Gasteiger partial charge in [-0.15, -0.1) is 0 Å². The number of fused-ring (bicyclic) bond motifs is 3. The maximum atomic E-state index is 12.6. The van der Waals surface area contributed by atoms with E-state index in [0.29, 0.717) is 12.8 Å². The number of nitrogens with one attached hydrogen (secondary N) is 3. The molecule has 2 aromatic carbocycles. The van der Waals surface area contributed by atoms with Crippen LogP contribution in [0, 0.1) is 5.92 Å².